The number of pyridine rings is 1. The molecule has 0 saturated carbocycles. The fourth-order valence-electron chi connectivity index (χ4n) is 5.70. The Bertz CT molecular complexity index is 2180. The van der Waals surface area contributed by atoms with Gasteiger partial charge in [-0.3, -0.25) is 9.52 Å². The van der Waals surface area contributed by atoms with Crippen molar-refractivity contribution in [1.29, 1.82) is 0 Å². The molecule has 0 spiro atoms. The van der Waals surface area contributed by atoms with Gasteiger partial charge in [0.05, 0.1) is 24.5 Å². The van der Waals surface area contributed by atoms with E-state index in [4.69, 9.17) is 4.74 Å². The topological polar surface area (TPSA) is 104 Å². The lowest BCUT2D eigenvalue weighted by Gasteiger charge is -2.26. The maximum atomic E-state index is 14.3. The Balaban J connectivity index is 1.41. The highest BCUT2D eigenvalue weighted by molar-refractivity contribution is 7.94. The van der Waals surface area contributed by atoms with Gasteiger partial charge in [0.2, 0.25) is 0 Å². The number of aromatic nitrogens is 2. The predicted molar refractivity (Wildman–Crippen MR) is 171 cm³/mol. The highest BCUT2D eigenvalue weighted by atomic mass is 32.2. The molecule has 2 N–H and O–H groups in total. The van der Waals surface area contributed by atoms with Crippen molar-refractivity contribution < 1.29 is 31.1 Å². The zero-order valence-corrected chi connectivity index (χ0v) is 25.6. The highest BCUT2D eigenvalue weighted by Crippen LogP contribution is 2.44. The molecule has 8 nitrogen and oxygen atoms in total. The number of ether oxygens (including phenoxy) is 1. The van der Waals surface area contributed by atoms with E-state index >= 15 is 0 Å². The van der Waals surface area contributed by atoms with E-state index < -0.39 is 27.5 Å². The number of benzene rings is 3. The number of thiophene rings is 1. The maximum Gasteiger partial charge on any atom is 0.418 e. The third-order valence-electron chi connectivity index (χ3n) is 7.87. The third-order valence-corrected chi connectivity index (χ3v) is 10.6. The molecule has 3 aromatic heterocycles. The van der Waals surface area contributed by atoms with E-state index in [1.165, 1.54) is 23.6 Å². The van der Waals surface area contributed by atoms with E-state index in [0.717, 1.165) is 28.5 Å². The molecule has 234 valence electrons. The SMILES string of the molecule is O=C(c1ccc(-c2cnc3[nH]c4cc(C(F)(F)F)c(NS(=O)(=O)c5cccs5)cc4c3c2-c2ccccc2)cc1)N1CCOCC1. The molecule has 0 unspecified atom stereocenters. The fraction of sp³-hybridized carbons (Fsp3) is 0.152. The summed E-state index contributed by atoms with van der Waals surface area (Å²) in [5.74, 6) is -0.0960. The number of rotatable bonds is 6. The predicted octanol–water partition coefficient (Wildman–Crippen LogP) is 7.40. The average Bonchev–Trinajstić information content (AvgIpc) is 3.73. The Morgan fingerprint density at radius 2 is 1.70 bits per heavy atom. The van der Waals surface area contributed by atoms with Crippen molar-refractivity contribution in [3.8, 4) is 22.3 Å². The summed E-state index contributed by atoms with van der Waals surface area (Å²) in [5.41, 5.74) is 2.18. The van der Waals surface area contributed by atoms with Gasteiger partial charge in [0, 0.05) is 52.3 Å². The van der Waals surface area contributed by atoms with Crippen molar-refractivity contribution in [2.75, 3.05) is 31.0 Å². The van der Waals surface area contributed by atoms with Crippen molar-refractivity contribution in [1.82, 2.24) is 14.9 Å². The summed E-state index contributed by atoms with van der Waals surface area (Å²) < 4.78 is 76.4. The van der Waals surface area contributed by atoms with Gasteiger partial charge in [0.1, 0.15) is 9.86 Å². The number of hydrogen-bond acceptors (Lipinski definition) is 6. The number of carbonyl (C=O) groups excluding carboxylic acids is 1. The van der Waals surface area contributed by atoms with Gasteiger partial charge in [-0.2, -0.15) is 13.2 Å². The molecule has 0 atom stereocenters. The summed E-state index contributed by atoms with van der Waals surface area (Å²) in [6, 6.07) is 21.4. The van der Waals surface area contributed by atoms with Crippen LogP contribution in [0.2, 0.25) is 0 Å². The van der Waals surface area contributed by atoms with Crippen LogP contribution in [0.5, 0.6) is 0 Å². The summed E-state index contributed by atoms with van der Waals surface area (Å²) in [6.07, 6.45) is -3.20. The zero-order chi connectivity index (χ0) is 32.1. The Hall–Kier alpha value is -4.72. The summed E-state index contributed by atoms with van der Waals surface area (Å²) in [4.78, 5) is 22.4. The van der Waals surface area contributed by atoms with Crippen LogP contribution in [0.15, 0.2) is 94.6 Å². The lowest BCUT2D eigenvalue weighted by Crippen LogP contribution is -2.40. The van der Waals surface area contributed by atoms with Crippen LogP contribution in [-0.4, -0.2) is 55.5 Å². The number of nitrogens with zero attached hydrogens (tertiary/aromatic N) is 2. The number of halogens is 3. The van der Waals surface area contributed by atoms with E-state index in [2.05, 4.69) is 14.7 Å². The standard InChI is InChI=1S/C33H25F3N4O4S2/c34-33(35,36)25-18-26-23(17-27(25)39-46(42,43)28-7-4-16-45-28)30-29(21-5-2-1-3-6-21)24(19-37-31(30)38-26)20-8-10-22(11-9-20)32(41)40-12-14-44-15-13-40/h1-11,16-19,39H,12-15H2,(H,37,38). The lowest BCUT2D eigenvalue weighted by molar-refractivity contribution is -0.136. The zero-order valence-electron chi connectivity index (χ0n) is 24.0. The first-order valence-electron chi connectivity index (χ1n) is 14.2. The largest absolute Gasteiger partial charge is 0.418 e. The van der Waals surface area contributed by atoms with E-state index in [9.17, 15) is 26.4 Å². The molecule has 1 aliphatic heterocycles. The second kappa shape index (κ2) is 11.6. The van der Waals surface area contributed by atoms with Gasteiger partial charge < -0.3 is 14.6 Å². The number of sulfonamides is 1. The highest BCUT2D eigenvalue weighted by Gasteiger charge is 2.36. The number of alkyl halides is 3. The van der Waals surface area contributed by atoms with Gasteiger partial charge in [-0.25, -0.2) is 13.4 Å². The van der Waals surface area contributed by atoms with Crippen LogP contribution in [0.3, 0.4) is 0 Å². The van der Waals surface area contributed by atoms with Gasteiger partial charge in [0.15, 0.2) is 0 Å². The molecule has 13 heteroatoms. The molecule has 3 aromatic carbocycles. The van der Waals surface area contributed by atoms with E-state index in [-0.39, 0.29) is 15.6 Å². The van der Waals surface area contributed by atoms with Gasteiger partial charge in [-0.05, 0) is 46.8 Å². The molecule has 0 aliphatic carbocycles. The summed E-state index contributed by atoms with van der Waals surface area (Å²) in [6.45, 7) is 2.01. The van der Waals surface area contributed by atoms with E-state index in [1.54, 1.807) is 23.2 Å². The molecular weight excluding hydrogens is 638 g/mol. The van der Waals surface area contributed by atoms with Crippen LogP contribution in [0.1, 0.15) is 15.9 Å². The molecule has 4 heterocycles. The molecule has 1 fully saturated rings. The van der Waals surface area contributed by atoms with Gasteiger partial charge in [-0.1, -0.05) is 48.5 Å². The normalized spacial score (nSPS) is 14.2. The number of H-pyrrole nitrogens is 1. The molecule has 1 aliphatic rings. The van der Waals surface area contributed by atoms with E-state index in [1.807, 2.05) is 42.5 Å². The Morgan fingerprint density at radius 1 is 0.957 bits per heavy atom. The summed E-state index contributed by atoms with van der Waals surface area (Å²) in [7, 11) is -4.29. The maximum absolute atomic E-state index is 14.3. The van der Waals surface area contributed by atoms with Crippen LogP contribution in [0.4, 0.5) is 18.9 Å². The smallest absolute Gasteiger partial charge is 0.378 e. The first-order chi connectivity index (χ1) is 22.1. The van der Waals surface area contributed by atoms with Gasteiger partial charge in [0.25, 0.3) is 15.9 Å². The van der Waals surface area contributed by atoms with Gasteiger partial charge >= 0.3 is 6.18 Å². The third kappa shape index (κ3) is 5.50. The second-order valence-electron chi connectivity index (χ2n) is 10.7. The van der Waals surface area contributed by atoms with Crippen molar-refractivity contribution in [3.63, 3.8) is 0 Å². The number of hydrogen-bond donors (Lipinski definition) is 2. The Kier molecular flexibility index (Phi) is 7.54. The molecule has 0 radical (unpaired) electrons. The first-order valence-corrected chi connectivity index (χ1v) is 16.6. The van der Waals surface area contributed by atoms with Crippen LogP contribution in [0, 0.1) is 0 Å². The molecule has 6 aromatic rings. The Labute approximate surface area is 265 Å². The van der Waals surface area contributed by atoms with Crippen molar-refractivity contribution in [2.24, 2.45) is 0 Å². The number of aromatic amines is 1. The first kappa shape index (κ1) is 30.0. The lowest BCUT2D eigenvalue weighted by atomic mass is 9.92. The van der Waals surface area contributed by atoms with E-state index in [0.29, 0.717) is 59.4 Å². The fourth-order valence-corrected chi connectivity index (χ4v) is 7.76. The number of amides is 1. The number of nitrogens with one attached hydrogen (secondary N) is 2. The minimum Gasteiger partial charge on any atom is -0.378 e. The average molecular weight is 663 g/mol. The van der Waals surface area contributed by atoms with Crippen LogP contribution >= 0.6 is 11.3 Å². The monoisotopic (exact) mass is 662 g/mol. The van der Waals surface area contributed by atoms with Crippen molar-refractivity contribution >= 4 is 54.9 Å². The molecule has 1 amide bonds. The van der Waals surface area contributed by atoms with Crippen molar-refractivity contribution in [2.45, 2.75) is 10.4 Å². The van der Waals surface area contributed by atoms with Crippen LogP contribution in [0.25, 0.3) is 44.2 Å². The summed E-state index contributed by atoms with van der Waals surface area (Å²) in [5, 5.41) is 2.42. The van der Waals surface area contributed by atoms with Crippen LogP contribution < -0.4 is 4.72 Å². The molecule has 0 bridgehead atoms. The number of fused-ring (bicyclic) bond motifs is 3. The number of anilines is 1. The molecule has 1 saturated heterocycles. The molecule has 7 rings (SSSR count). The minimum absolute atomic E-state index is 0.0960. The second-order valence-corrected chi connectivity index (χ2v) is 13.6. The van der Waals surface area contributed by atoms with Crippen molar-refractivity contribution in [3.05, 3.63) is 102 Å². The summed E-state index contributed by atoms with van der Waals surface area (Å²) >= 11 is 0.903. The number of carbonyl (C=O) groups is 1. The van der Waals surface area contributed by atoms with Crippen LogP contribution in [-0.2, 0) is 20.9 Å². The molecular formula is C33H25F3N4O4S2. The minimum atomic E-state index is -4.85. The Morgan fingerprint density at radius 3 is 2.37 bits per heavy atom. The number of morpholine rings is 1. The van der Waals surface area contributed by atoms with Gasteiger partial charge in [-0.15, -0.1) is 11.3 Å². The molecule has 46 heavy (non-hydrogen) atoms. The quantitative estimate of drug-likeness (QED) is 0.193.